The topological polar surface area (TPSA) is 6.48 Å². The summed E-state index contributed by atoms with van der Waals surface area (Å²) in [4.78, 5) is 0. The molecule has 0 saturated heterocycles. The second-order valence-electron chi connectivity index (χ2n) is 7.68. The van der Waals surface area contributed by atoms with Crippen LogP contribution in [0.1, 0.15) is 54.9 Å². The van der Waals surface area contributed by atoms with Gasteiger partial charge in [-0.15, -0.1) is 0 Å². The first kappa shape index (κ1) is 20.8. The molecule has 0 heterocycles. The van der Waals surface area contributed by atoms with E-state index in [0.29, 0.717) is 0 Å². The Kier molecular flexibility index (Phi) is 6.32. The van der Waals surface area contributed by atoms with Gasteiger partial charge in [0.15, 0.2) is 0 Å². The summed E-state index contributed by atoms with van der Waals surface area (Å²) in [6, 6.07) is 0. The van der Waals surface area contributed by atoms with E-state index in [1.54, 1.807) is 3.88 Å². The SMILES string of the molecule is C[CH]=[Ti]([C]1=CC=CC1)([N](CC)CC)([N](CC)CC)[C]1(C)C=CC(C)=C1. The molecule has 0 radical (unpaired) electrons. The molecule has 0 amide bonds. The van der Waals surface area contributed by atoms with Crippen molar-refractivity contribution in [1.29, 1.82) is 0 Å². The zero-order valence-corrected chi connectivity index (χ0v) is 19.0. The van der Waals surface area contributed by atoms with Crippen LogP contribution in [0.25, 0.3) is 0 Å². The second kappa shape index (κ2) is 7.60. The Hall–Kier alpha value is -0.536. The fourth-order valence-electron chi connectivity index (χ4n) is 6.22. The van der Waals surface area contributed by atoms with Crippen molar-refractivity contribution >= 4 is 4.31 Å². The van der Waals surface area contributed by atoms with Gasteiger partial charge >= 0.3 is 157 Å². The molecule has 0 fully saturated rings. The minimum atomic E-state index is -3.67. The molecule has 3 heteroatoms. The standard InChI is InChI=1S/C7H9.C5H5.2C4H10N.C2H4.Ti/c1-6-3-4-7(2)5-6;1-2-4-5-3-1;2*1-3-5-4-2;1-2;/h3-5H,1-2H3;1-3H,4H2;2*3-4H2,1-2H3;1H,2H3;/q;;2*-1;;+2. The number of nitrogens with zero attached hydrogens (tertiary/aromatic N) is 2. The maximum atomic E-state index is 2.88. The van der Waals surface area contributed by atoms with Gasteiger partial charge in [-0.05, 0) is 0 Å². The van der Waals surface area contributed by atoms with Crippen LogP contribution < -0.4 is 0 Å². The average molecular weight is 378 g/mol. The molecule has 0 bridgehead atoms. The Labute approximate surface area is 157 Å². The third kappa shape index (κ3) is 2.52. The van der Waals surface area contributed by atoms with Gasteiger partial charge in [-0.25, -0.2) is 0 Å². The molecule has 0 N–H and O–H groups in total. The summed E-state index contributed by atoms with van der Waals surface area (Å²) in [5, 5.41) is 0. The molecule has 140 valence electrons. The van der Waals surface area contributed by atoms with Crippen molar-refractivity contribution in [3.8, 4) is 0 Å². The van der Waals surface area contributed by atoms with E-state index >= 15 is 0 Å². The first-order valence-corrected chi connectivity index (χ1v) is 14.0. The quantitative estimate of drug-likeness (QED) is 0.511. The molecule has 2 rings (SSSR count). The first-order chi connectivity index (χ1) is 11.9. The van der Waals surface area contributed by atoms with Crippen molar-refractivity contribution in [2.75, 3.05) is 26.2 Å². The van der Waals surface area contributed by atoms with Gasteiger partial charge in [0.1, 0.15) is 0 Å². The Morgan fingerprint density at radius 1 is 1.08 bits per heavy atom. The van der Waals surface area contributed by atoms with Gasteiger partial charge in [0.05, 0.1) is 0 Å². The number of hydrogen-bond donors (Lipinski definition) is 0. The first-order valence-electron chi connectivity index (χ1n) is 10.1. The van der Waals surface area contributed by atoms with Gasteiger partial charge in [0.25, 0.3) is 0 Å². The Morgan fingerprint density at radius 2 is 1.64 bits per heavy atom. The summed E-state index contributed by atoms with van der Waals surface area (Å²) in [7, 11) is 0. The molecule has 0 aromatic rings. The van der Waals surface area contributed by atoms with Gasteiger partial charge in [0.2, 0.25) is 0 Å². The third-order valence-corrected chi connectivity index (χ3v) is 21.1. The van der Waals surface area contributed by atoms with Crippen LogP contribution in [0.3, 0.4) is 0 Å². The predicted octanol–water partition coefficient (Wildman–Crippen LogP) is 5.55. The number of allylic oxidation sites excluding steroid dienone is 8. The predicted molar refractivity (Wildman–Crippen MR) is 111 cm³/mol. The van der Waals surface area contributed by atoms with Crippen molar-refractivity contribution in [3.05, 3.63) is 45.9 Å². The van der Waals surface area contributed by atoms with E-state index in [9.17, 15) is 0 Å². The average Bonchev–Trinajstić information content (AvgIpc) is 3.26. The van der Waals surface area contributed by atoms with E-state index in [-0.39, 0.29) is 3.72 Å². The molecule has 2 aliphatic rings. The fraction of sp³-hybridized carbons (Fsp3) is 0.591. The second-order valence-corrected chi connectivity index (χ2v) is 17.1. The van der Waals surface area contributed by atoms with Gasteiger partial charge in [0, 0.05) is 0 Å². The van der Waals surface area contributed by atoms with E-state index < -0.39 is 15.4 Å². The maximum absolute atomic E-state index is 3.67. The molecule has 1 atom stereocenters. The van der Waals surface area contributed by atoms with Crippen LogP contribution in [-0.2, 0) is 15.4 Å². The summed E-state index contributed by atoms with van der Waals surface area (Å²) in [5.74, 6) is 0. The van der Waals surface area contributed by atoms with Crippen LogP contribution in [0.5, 0.6) is 0 Å². The van der Waals surface area contributed by atoms with Crippen LogP contribution in [-0.4, -0.2) is 37.3 Å². The third-order valence-electron chi connectivity index (χ3n) is 7.04. The van der Waals surface area contributed by atoms with E-state index in [0.717, 1.165) is 32.6 Å². The van der Waals surface area contributed by atoms with Gasteiger partial charge in [-0.1, -0.05) is 0 Å². The Bertz CT molecular complexity index is 669. The van der Waals surface area contributed by atoms with Gasteiger partial charge in [-0.2, -0.15) is 0 Å². The zero-order chi connectivity index (χ0) is 18.7. The summed E-state index contributed by atoms with van der Waals surface area (Å²) >= 11 is -3.67. The van der Waals surface area contributed by atoms with Crippen molar-refractivity contribution in [1.82, 2.24) is 6.76 Å². The molecule has 2 nitrogen and oxygen atoms in total. The molecule has 0 aromatic heterocycles. The molecule has 25 heavy (non-hydrogen) atoms. The summed E-state index contributed by atoms with van der Waals surface area (Å²) < 4.78 is 10.2. The number of rotatable bonds is 8. The molecule has 0 aromatic carbocycles. The van der Waals surface area contributed by atoms with Crippen molar-refractivity contribution in [3.63, 3.8) is 0 Å². The minimum absolute atomic E-state index is 0.0753. The van der Waals surface area contributed by atoms with E-state index in [1.165, 1.54) is 5.57 Å². The van der Waals surface area contributed by atoms with E-state index in [1.807, 2.05) is 0 Å². The van der Waals surface area contributed by atoms with Gasteiger partial charge in [-0.3, -0.25) is 0 Å². The molecule has 1 unspecified atom stereocenters. The van der Waals surface area contributed by atoms with Gasteiger partial charge < -0.3 is 0 Å². The summed E-state index contributed by atoms with van der Waals surface area (Å²) in [6.07, 6.45) is 15.6. The fourth-order valence-corrected chi connectivity index (χ4v) is 20.9. The Morgan fingerprint density at radius 3 is 1.96 bits per heavy atom. The summed E-state index contributed by atoms with van der Waals surface area (Å²) in [5.41, 5.74) is 1.41. The molecular weight excluding hydrogens is 340 g/mol. The molecule has 0 aliphatic heterocycles. The van der Waals surface area contributed by atoms with E-state index in [2.05, 4.69) is 96.0 Å². The molecule has 2 aliphatic carbocycles. The molecule has 0 saturated carbocycles. The molecule has 0 spiro atoms. The van der Waals surface area contributed by atoms with Crippen molar-refractivity contribution < 1.29 is 15.4 Å². The van der Waals surface area contributed by atoms with Crippen LogP contribution in [0.4, 0.5) is 0 Å². The summed E-state index contributed by atoms with van der Waals surface area (Å²) in [6.45, 7) is 20.9. The Balaban J connectivity index is 3.02. The van der Waals surface area contributed by atoms with Crippen molar-refractivity contribution in [2.24, 2.45) is 0 Å². The van der Waals surface area contributed by atoms with E-state index in [4.69, 9.17) is 0 Å². The van der Waals surface area contributed by atoms with Crippen LogP contribution in [0.2, 0.25) is 3.72 Å². The zero-order valence-electron chi connectivity index (χ0n) is 17.5. The van der Waals surface area contributed by atoms with Crippen LogP contribution >= 0.6 is 0 Å². The van der Waals surface area contributed by atoms with Crippen molar-refractivity contribution in [2.45, 2.75) is 58.6 Å². The van der Waals surface area contributed by atoms with Crippen LogP contribution in [0, 0.1) is 0 Å². The number of hydrogen-bond acceptors (Lipinski definition) is 2. The van der Waals surface area contributed by atoms with Crippen LogP contribution in [0.15, 0.2) is 45.9 Å². The monoisotopic (exact) mass is 378 g/mol. The normalized spacial score (nSPS) is 23.6. The molecular formula is C22H38N2Ti.